The molecular formula is C9H14F3N5. The summed E-state index contributed by atoms with van der Waals surface area (Å²) < 4.78 is 37.7. The molecule has 0 bridgehead atoms. The van der Waals surface area contributed by atoms with E-state index in [1.54, 1.807) is 21.0 Å². The van der Waals surface area contributed by atoms with Crippen LogP contribution in [0.15, 0.2) is 6.07 Å². The summed E-state index contributed by atoms with van der Waals surface area (Å²) in [5.74, 6) is 0.0416. The number of aromatic nitrogens is 2. The summed E-state index contributed by atoms with van der Waals surface area (Å²) in [5.41, 5.74) is 1.68. The van der Waals surface area contributed by atoms with Crippen LogP contribution in [0.2, 0.25) is 0 Å². The van der Waals surface area contributed by atoms with Gasteiger partial charge in [0.25, 0.3) is 0 Å². The van der Waals surface area contributed by atoms with Crippen LogP contribution in [0.5, 0.6) is 0 Å². The summed E-state index contributed by atoms with van der Waals surface area (Å²) in [7, 11) is 3.31. The molecule has 0 radical (unpaired) electrons. The molecule has 0 aliphatic rings. The van der Waals surface area contributed by atoms with Crippen LogP contribution in [0, 0.1) is 0 Å². The standard InChI is InChI=1S/C9H14F3N5/c1-4-13-8-14-6(9(10,11)12)5-7(15-8)16-17(2)3/h5H,4H2,1-3H3,(H2,13,14,15,16). The third kappa shape index (κ3) is 4.06. The van der Waals surface area contributed by atoms with Crippen LogP contribution in [0.4, 0.5) is 24.9 Å². The molecule has 0 atom stereocenters. The average Bonchev–Trinajstić information content (AvgIpc) is 2.15. The number of anilines is 2. The normalized spacial score (nSPS) is 11.7. The predicted molar refractivity (Wildman–Crippen MR) is 58.5 cm³/mol. The summed E-state index contributed by atoms with van der Waals surface area (Å²) in [5, 5.41) is 4.15. The van der Waals surface area contributed by atoms with Crippen molar-refractivity contribution in [2.75, 3.05) is 31.4 Å². The second-order valence-corrected chi connectivity index (χ2v) is 3.50. The van der Waals surface area contributed by atoms with E-state index in [0.717, 1.165) is 6.07 Å². The minimum Gasteiger partial charge on any atom is -0.354 e. The minimum absolute atomic E-state index is 0.0494. The number of halogens is 3. The Kier molecular flexibility index (Phi) is 4.11. The monoisotopic (exact) mass is 249 g/mol. The molecule has 0 spiro atoms. The molecule has 2 N–H and O–H groups in total. The first-order valence-electron chi connectivity index (χ1n) is 4.97. The number of nitrogens with one attached hydrogen (secondary N) is 2. The van der Waals surface area contributed by atoms with Gasteiger partial charge in [-0.2, -0.15) is 18.2 Å². The lowest BCUT2D eigenvalue weighted by atomic mass is 10.4. The van der Waals surface area contributed by atoms with Gasteiger partial charge in [-0.1, -0.05) is 0 Å². The lowest BCUT2D eigenvalue weighted by Gasteiger charge is -2.15. The maximum absolute atomic E-state index is 12.6. The Morgan fingerprint density at radius 1 is 1.29 bits per heavy atom. The fourth-order valence-corrected chi connectivity index (χ4v) is 1.12. The van der Waals surface area contributed by atoms with Crippen molar-refractivity contribution in [2.24, 2.45) is 0 Å². The molecular weight excluding hydrogens is 235 g/mol. The van der Waals surface area contributed by atoms with Gasteiger partial charge in [-0.05, 0) is 6.92 Å². The molecule has 0 aliphatic heterocycles. The second kappa shape index (κ2) is 5.17. The first kappa shape index (κ1) is 13.5. The lowest BCUT2D eigenvalue weighted by Crippen LogP contribution is -2.22. The fraction of sp³-hybridized carbons (Fsp3) is 0.556. The number of hydrazine groups is 1. The Hall–Kier alpha value is -1.57. The molecule has 0 aliphatic carbocycles. The van der Waals surface area contributed by atoms with Crippen LogP contribution in [-0.4, -0.2) is 35.6 Å². The zero-order valence-corrected chi connectivity index (χ0v) is 9.76. The second-order valence-electron chi connectivity index (χ2n) is 3.50. The molecule has 8 heteroatoms. The van der Waals surface area contributed by atoms with Crippen LogP contribution in [-0.2, 0) is 6.18 Å². The van der Waals surface area contributed by atoms with Gasteiger partial charge in [-0.3, -0.25) is 0 Å². The third-order valence-corrected chi connectivity index (χ3v) is 1.69. The van der Waals surface area contributed by atoms with Gasteiger partial charge in [0.15, 0.2) is 5.69 Å². The van der Waals surface area contributed by atoms with Gasteiger partial charge in [0.05, 0.1) is 0 Å². The largest absolute Gasteiger partial charge is 0.433 e. The van der Waals surface area contributed by atoms with E-state index in [4.69, 9.17) is 0 Å². The lowest BCUT2D eigenvalue weighted by molar-refractivity contribution is -0.141. The van der Waals surface area contributed by atoms with Crippen LogP contribution < -0.4 is 10.7 Å². The molecule has 1 aromatic rings. The topological polar surface area (TPSA) is 53.1 Å². The molecule has 0 amide bonds. The van der Waals surface area contributed by atoms with Crippen molar-refractivity contribution in [1.29, 1.82) is 0 Å². The number of hydrogen-bond donors (Lipinski definition) is 2. The van der Waals surface area contributed by atoms with Crippen molar-refractivity contribution in [3.05, 3.63) is 11.8 Å². The van der Waals surface area contributed by atoms with Crippen LogP contribution >= 0.6 is 0 Å². The molecule has 0 unspecified atom stereocenters. The molecule has 5 nitrogen and oxygen atoms in total. The van der Waals surface area contributed by atoms with Crippen molar-refractivity contribution < 1.29 is 13.2 Å². The molecule has 0 aromatic carbocycles. The maximum atomic E-state index is 12.6. The van der Waals surface area contributed by atoms with E-state index in [-0.39, 0.29) is 11.8 Å². The molecule has 0 fully saturated rings. The van der Waals surface area contributed by atoms with Crippen molar-refractivity contribution in [3.63, 3.8) is 0 Å². The minimum atomic E-state index is -4.49. The number of rotatable bonds is 4. The van der Waals surface area contributed by atoms with Crippen molar-refractivity contribution in [2.45, 2.75) is 13.1 Å². The smallest absolute Gasteiger partial charge is 0.354 e. The Labute approximate surface area is 97.0 Å². The van der Waals surface area contributed by atoms with Crippen LogP contribution in [0.1, 0.15) is 12.6 Å². The zero-order chi connectivity index (χ0) is 13.1. The molecule has 1 heterocycles. The Morgan fingerprint density at radius 3 is 2.41 bits per heavy atom. The van der Waals surface area contributed by atoms with Crippen LogP contribution in [0.3, 0.4) is 0 Å². The average molecular weight is 249 g/mol. The van der Waals surface area contributed by atoms with E-state index >= 15 is 0 Å². The molecule has 96 valence electrons. The summed E-state index contributed by atoms with van der Waals surface area (Å²) >= 11 is 0. The van der Waals surface area contributed by atoms with Gasteiger partial charge in [0, 0.05) is 26.7 Å². The fourth-order valence-electron chi connectivity index (χ4n) is 1.12. The number of alkyl halides is 3. The number of hydrogen-bond acceptors (Lipinski definition) is 5. The SMILES string of the molecule is CCNc1nc(NN(C)C)cc(C(F)(F)F)n1. The third-order valence-electron chi connectivity index (χ3n) is 1.69. The first-order valence-corrected chi connectivity index (χ1v) is 4.97. The van der Waals surface area contributed by atoms with E-state index in [9.17, 15) is 13.2 Å². The van der Waals surface area contributed by atoms with E-state index < -0.39 is 11.9 Å². The maximum Gasteiger partial charge on any atom is 0.433 e. The Morgan fingerprint density at radius 2 is 1.94 bits per heavy atom. The van der Waals surface area contributed by atoms with Gasteiger partial charge in [-0.25, -0.2) is 9.99 Å². The van der Waals surface area contributed by atoms with Crippen LogP contribution in [0.25, 0.3) is 0 Å². The summed E-state index contributed by atoms with van der Waals surface area (Å²) in [6.07, 6.45) is -4.49. The van der Waals surface area contributed by atoms with Gasteiger partial charge in [0.2, 0.25) is 5.95 Å². The zero-order valence-electron chi connectivity index (χ0n) is 9.76. The molecule has 0 saturated heterocycles. The Bertz CT molecular complexity index is 377. The van der Waals surface area contributed by atoms with E-state index in [1.165, 1.54) is 5.01 Å². The van der Waals surface area contributed by atoms with Gasteiger partial charge >= 0.3 is 6.18 Å². The summed E-state index contributed by atoms with van der Waals surface area (Å²) in [6, 6.07) is 0.862. The van der Waals surface area contributed by atoms with Gasteiger partial charge in [0.1, 0.15) is 5.82 Å². The van der Waals surface area contributed by atoms with E-state index in [2.05, 4.69) is 20.7 Å². The summed E-state index contributed by atoms with van der Waals surface area (Å²) in [4.78, 5) is 7.30. The van der Waals surface area contributed by atoms with Crippen molar-refractivity contribution >= 4 is 11.8 Å². The molecule has 17 heavy (non-hydrogen) atoms. The highest BCUT2D eigenvalue weighted by atomic mass is 19.4. The Balaban J connectivity index is 3.09. The highest BCUT2D eigenvalue weighted by Gasteiger charge is 2.33. The van der Waals surface area contributed by atoms with E-state index in [0.29, 0.717) is 6.54 Å². The van der Waals surface area contributed by atoms with Gasteiger partial charge in [-0.15, -0.1) is 0 Å². The number of nitrogens with zero attached hydrogens (tertiary/aromatic N) is 3. The van der Waals surface area contributed by atoms with Crippen molar-refractivity contribution in [1.82, 2.24) is 15.0 Å². The highest BCUT2D eigenvalue weighted by Crippen LogP contribution is 2.29. The predicted octanol–water partition coefficient (Wildman–Crippen LogP) is 1.82. The highest BCUT2D eigenvalue weighted by molar-refractivity contribution is 5.42. The summed E-state index contributed by atoms with van der Waals surface area (Å²) in [6.45, 7) is 2.20. The van der Waals surface area contributed by atoms with Gasteiger partial charge < -0.3 is 10.7 Å². The first-order chi connectivity index (χ1) is 7.82. The molecule has 1 rings (SSSR count). The molecule has 0 saturated carbocycles. The van der Waals surface area contributed by atoms with E-state index in [1.807, 2.05) is 0 Å². The van der Waals surface area contributed by atoms with Crippen molar-refractivity contribution in [3.8, 4) is 0 Å². The quantitative estimate of drug-likeness (QED) is 0.797. The molecule has 1 aromatic heterocycles.